The van der Waals surface area contributed by atoms with Crippen molar-refractivity contribution in [2.75, 3.05) is 130 Å². The molecule has 0 unspecified atom stereocenters. The molecule has 0 aliphatic carbocycles. The SMILES string of the molecule is COc1ccc(CN2C(=O)[C@@H](C)[C@H]2CN)c(OC)c1.COc1ccc(CN2C(=O)[C@@H](C)[C@H]2CN2C(=O)c3ccccc3C2=O)c(OC)c1.COc1ccc(CN2C(=O)[C@@H](C)[C@H]2CN2C[C@@H](CNC(=O)OC(C)(C)C)OC2=O)c(OC)c1.COc1ccc(CN2C(=O)[C@@H](C)[C@H]2CNC[C@H](O)CNC(=O)OC(C)(C)C)c(OC)c1.COc1ccc(CN2C(=O)[C@@H](C)[C@H]2CO)c(OC)c1. The molecule has 36 heteroatoms. The zero-order valence-corrected chi connectivity index (χ0v) is 78.8. The Morgan fingerprint density at radius 3 is 1.07 bits per heavy atom. The van der Waals surface area contributed by atoms with Gasteiger partial charge in [-0.25, -0.2) is 14.4 Å². The van der Waals surface area contributed by atoms with Crippen molar-refractivity contribution >= 4 is 59.6 Å². The summed E-state index contributed by atoms with van der Waals surface area (Å²) in [7, 11) is 15.9. The molecule has 6 aromatic rings. The smallest absolute Gasteiger partial charge is 0.410 e. The maximum absolute atomic E-state index is 12.7. The molecule has 13 rings (SSSR count). The van der Waals surface area contributed by atoms with E-state index < -0.39 is 41.7 Å². The largest absolute Gasteiger partial charge is 0.497 e. The van der Waals surface area contributed by atoms with Crippen LogP contribution in [-0.4, -0.2) is 288 Å². The van der Waals surface area contributed by atoms with Gasteiger partial charge in [0.2, 0.25) is 29.5 Å². The Morgan fingerprint density at radius 2 is 0.733 bits per heavy atom. The number of aliphatic hydroxyl groups is 2. The summed E-state index contributed by atoms with van der Waals surface area (Å²) in [6.45, 7) is 24.5. The lowest BCUT2D eigenvalue weighted by Gasteiger charge is -2.47. The van der Waals surface area contributed by atoms with Crippen molar-refractivity contribution in [1.29, 1.82) is 0 Å². The molecule has 0 radical (unpaired) electrons. The lowest BCUT2D eigenvalue weighted by Crippen LogP contribution is -2.63. The molecule has 6 saturated heterocycles. The minimum atomic E-state index is -0.770. The number of methoxy groups -OCH3 is 10. The Hall–Kier alpha value is -12.5. The number of nitrogens with two attached hydrogens (primary N) is 1. The van der Waals surface area contributed by atoms with E-state index in [1.54, 1.807) is 191 Å². The Kier molecular flexibility index (Phi) is 35.7. The van der Waals surface area contributed by atoms with Crippen LogP contribution in [0.15, 0.2) is 115 Å². The molecule has 7 aliphatic rings. The third-order valence-corrected chi connectivity index (χ3v) is 23.9. The number of cyclic esters (lactones) is 1. The van der Waals surface area contributed by atoms with Crippen LogP contribution >= 0.6 is 0 Å². The van der Waals surface area contributed by atoms with Crippen LogP contribution in [-0.2, 0) is 70.9 Å². The Labute approximate surface area is 765 Å². The van der Waals surface area contributed by atoms with Crippen LogP contribution in [0.5, 0.6) is 57.5 Å². The number of aliphatic hydroxyl groups excluding tert-OH is 2. The van der Waals surface area contributed by atoms with Crippen molar-refractivity contribution in [1.82, 2.24) is 50.2 Å². The quantitative estimate of drug-likeness (QED) is 0.0125. The number of nitrogens with zero attached hydrogens (tertiary/aromatic N) is 7. The molecule has 0 saturated carbocycles. The minimum absolute atomic E-state index is 0.00493. The second-order valence-electron chi connectivity index (χ2n) is 34.7. The number of imide groups is 1. The number of fused-ring (bicyclic) bond motifs is 1. The van der Waals surface area contributed by atoms with E-state index in [0.717, 1.165) is 39.3 Å². The summed E-state index contributed by atoms with van der Waals surface area (Å²) in [5, 5.41) is 27.7. The number of hydrogen-bond acceptors (Lipinski definition) is 27. The molecular formula is C95H129N11O25. The van der Waals surface area contributed by atoms with Gasteiger partial charge in [-0.2, -0.15) is 0 Å². The second-order valence-corrected chi connectivity index (χ2v) is 34.7. The van der Waals surface area contributed by atoms with Crippen molar-refractivity contribution in [3.63, 3.8) is 0 Å². The molecule has 7 N–H and O–H groups in total. The third-order valence-electron chi connectivity index (χ3n) is 23.9. The number of amides is 10. The highest BCUT2D eigenvalue weighted by Gasteiger charge is 2.51. The summed E-state index contributed by atoms with van der Waals surface area (Å²) in [6.07, 6.45) is -2.83. The minimum Gasteiger partial charge on any atom is -0.497 e. The highest BCUT2D eigenvalue weighted by atomic mass is 16.6. The first-order chi connectivity index (χ1) is 62.3. The highest BCUT2D eigenvalue weighted by molar-refractivity contribution is 6.21. The number of ether oxygens (including phenoxy) is 13. The van der Waals surface area contributed by atoms with Gasteiger partial charge in [0.1, 0.15) is 74.8 Å². The normalized spacial score (nSPS) is 21.3. The van der Waals surface area contributed by atoms with Gasteiger partial charge < -0.3 is 123 Å². The fourth-order valence-electron chi connectivity index (χ4n) is 16.2. The average molecular weight is 1830 g/mol. The zero-order valence-electron chi connectivity index (χ0n) is 78.8. The summed E-state index contributed by atoms with van der Waals surface area (Å²) in [6, 6.07) is 34.0. The predicted octanol–water partition coefficient (Wildman–Crippen LogP) is 8.32. The maximum atomic E-state index is 12.7. The van der Waals surface area contributed by atoms with E-state index in [9.17, 15) is 58.2 Å². The fourth-order valence-corrected chi connectivity index (χ4v) is 16.2. The van der Waals surface area contributed by atoms with Crippen LogP contribution in [0.25, 0.3) is 0 Å². The number of β-lactam (4-membered cyclic amide) rings is 5. The van der Waals surface area contributed by atoms with Gasteiger partial charge in [-0.15, -0.1) is 0 Å². The Balaban J connectivity index is 0.000000187. The summed E-state index contributed by atoms with van der Waals surface area (Å²) in [5.74, 6) is 5.84. The van der Waals surface area contributed by atoms with Gasteiger partial charge >= 0.3 is 18.3 Å². The zero-order chi connectivity index (χ0) is 96.2. The second kappa shape index (κ2) is 45.8. The molecule has 6 aromatic carbocycles. The molecule has 6 fully saturated rings. The van der Waals surface area contributed by atoms with Crippen molar-refractivity contribution in [2.24, 2.45) is 35.3 Å². The monoisotopic (exact) mass is 1820 g/mol. The van der Waals surface area contributed by atoms with Gasteiger partial charge in [0.15, 0.2) is 0 Å². The molecule has 7 heterocycles. The van der Waals surface area contributed by atoms with Crippen LogP contribution in [0.1, 0.15) is 125 Å². The van der Waals surface area contributed by atoms with Crippen LogP contribution in [0.4, 0.5) is 14.4 Å². The van der Waals surface area contributed by atoms with Crippen molar-refractivity contribution in [3.8, 4) is 57.5 Å². The first-order valence-corrected chi connectivity index (χ1v) is 43.4. The van der Waals surface area contributed by atoms with Gasteiger partial charge in [-0.1, -0.05) is 46.8 Å². The molecule has 0 spiro atoms. The molecule has 10 amide bonds. The number of carbonyl (C=O) groups excluding carboxylic acids is 10. The standard InChI is InChI=1S/C23H33N3O7.C22H35N3O6.C22H22N2O5.C14H20N2O3.C14H19NO4/c1-14-18(26(20(14)27)11-15-7-8-16(30-5)9-19(15)31-6)13-25-12-17(32-22(25)29)10-24-21(28)33-23(2,3)4;1-14-18(12-23-10-16(26)11-24-21(28)31-22(2,3)4)25(20(14)27)13-15-7-8-17(29-5)9-19(15)30-6;1-13-18(12-24-21(26)16-6-4-5-7-17(16)22(24)27)23(20(13)25)11-14-8-9-15(28-2)10-19(14)29-3;1-9-12(7-15)16(14(9)17)8-10-4-5-11(18-2)6-13(10)19-3;1-9-12(8-16)15(14(9)17)7-10-4-5-11(18-2)6-13(10)19-3/h7-9,14,17-18H,10-13H2,1-6H3,(H,24,28);7-9,14,16,18,23,26H,10-13H2,1-6H3,(H,24,28);4-10,13,18H,11-12H2,1-3H3;4-6,9,12H,7-8,15H2,1-3H3;4-6,9,12,16H,7-8H2,1-3H3/t14-,17+,18+;14-,16-,18+;13-,18+;2*9-,12+/m00000/s1. The van der Waals surface area contributed by atoms with Gasteiger partial charge in [0.25, 0.3) is 11.8 Å². The predicted molar refractivity (Wildman–Crippen MR) is 482 cm³/mol. The molecule has 7 aliphatic heterocycles. The summed E-state index contributed by atoms with van der Waals surface area (Å²) < 4.78 is 68.7. The molecule has 12 atom stereocenters. The van der Waals surface area contributed by atoms with Crippen LogP contribution in [0.3, 0.4) is 0 Å². The number of alkyl carbamates (subject to hydrolysis) is 2. The average Bonchev–Trinajstić information content (AvgIpc) is 1.74. The third kappa shape index (κ3) is 25.2. The summed E-state index contributed by atoms with van der Waals surface area (Å²) in [4.78, 5) is 134. The first kappa shape index (κ1) is 102. The fraction of sp³-hybridized carbons (Fsp3) is 0.516. The highest BCUT2D eigenvalue weighted by Crippen LogP contribution is 2.40. The van der Waals surface area contributed by atoms with Crippen molar-refractivity contribution in [2.45, 2.75) is 163 Å². The van der Waals surface area contributed by atoms with E-state index in [4.69, 9.17) is 67.3 Å². The first-order valence-electron chi connectivity index (χ1n) is 43.4. The van der Waals surface area contributed by atoms with E-state index in [1.807, 2.05) is 101 Å². The summed E-state index contributed by atoms with van der Waals surface area (Å²) >= 11 is 0. The number of likely N-dealkylation sites (tertiary alicyclic amines) is 5. The number of benzene rings is 6. The van der Waals surface area contributed by atoms with Gasteiger partial charge in [0.05, 0.1) is 174 Å². The summed E-state index contributed by atoms with van der Waals surface area (Å²) in [5.41, 5.74) is 9.79. The van der Waals surface area contributed by atoms with E-state index in [1.165, 1.54) is 4.90 Å². The van der Waals surface area contributed by atoms with Crippen molar-refractivity contribution < 1.29 is 120 Å². The van der Waals surface area contributed by atoms with Crippen LogP contribution in [0, 0.1) is 29.6 Å². The molecule has 0 aromatic heterocycles. The van der Waals surface area contributed by atoms with E-state index in [-0.39, 0.29) is 134 Å². The van der Waals surface area contributed by atoms with E-state index >= 15 is 0 Å². The number of hydrogen-bond donors (Lipinski definition) is 6. The topological polar surface area (TPSA) is 416 Å². The lowest BCUT2D eigenvalue weighted by atomic mass is 9.88. The molecule has 0 bridgehead atoms. The Bertz CT molecular complexity index is 4880. The molecular weight excluding hydrogens is 1700 g/mol. The van der Waals surface area contributed by atoms with Crippen LogP contribution < -0.4 is 69.1 Å². The Morgan fingerprint density at radius 1 is 0.420 bits per heavy atom. The van der Waals surface area contributed by atoms with E-state index in [2.05, 4.69) is 16.0 Å². The number of carbonyl (C=O) groups is 10. The molecule has 131 heavy (non-hydrogen) atoms. The maximum Gasteiger partial charge on any atom is 0.410 e. The van der Waals surface area contributed by atoms with Gasteiger partial charge in [-0.05, 0) is 114 Å². The molecule has 714 valence electrons. The number of rotatable bonds is 34. The van der Waals surface area contributed by atoms with E-state index in [0.29, 0.717) is 116 Å². The number of nitrogens with one attached hydrogen (secondary N) is 3. The molecule has 36 nitrogen and oxygen atoms in total. The van der Waals surface area contributed by atoms with Gasteiger partial charge in [-0.3, -0.25) is 38.5 Å². The van der Waals surface area contributed by atoms with Gasteiger partial charge in [0, 0.05) is 124 Å². The van der Waals surface area contributed by atoms with Crippen molar-refractivity contribution in [3.05, 3.63) is 154 Å². The lowest BCUT2D eigenvalue weighted by molar-refractivity contribution is -0.159. The van der Waals surface area contributed by atoms with Crippen LogP contribution in [0.2, 0.25) is 0 Å².